The first kappa shape index (κ1) is 21.6. The van der Waals surface area contributed by atoms with Gasteiger partial charge in [-0.25, -0.2) is 0 Å². The molecule has 11 heteroatoms. The summed E-state index contributed by atoms with van der Waals surface area (Å²) < 4.78 is 0. The summed E-state index contributed by atoms with van der Waals surface area (Å²) in [4.78, 5) is 43.7. The molecule has 117 valence electrons. The van der Waals surface area contributed by atoms with Gasteiger partial charge in [-0.1, -0.05) is 0 Å². The molecule has 0 aliphatic carbocycles. The zero-order valence-corrected chi connectivity index (χ0v) is 12.1. The van der Waals surface area contributed by atoms with Crippen LogP contribution in [-0.2, 0) is 36.5 Å². The molecule has 0 saturated carbocycles. The molecule has 0 amide bonds. The Labute approximate surface area is 130 Å². The fourth-order valence-corrected chi connectivity index (χ4v) is 1.45. The third-order valence-electron chi connectivity index (χ3n) is 2.15. The first-order valence-corrected chi connectivity index (χ1v) is 5.46. The van der Waals surface area contributed by atoms with Crippen LogP contribution in [-0.4, -0.2) is 78.1 Å². The van der Waals surface area contributed by atoms with Crippen molar-refractivity contribution in [1.29, 1.82) is 0 Å². The number of hydrogen-bond donors (Lipinski definition) is 1. The van der Waals surface area contributed by atoms with Crippen LogP contribution in [0.5, 0.6) is 0 Å². The summed E-state index contributed by atoms with van der Waals surface area (Å²) >= 11 is 0. The topological polar surface area (TPSA) is 164 Å². The van der Waals surface area contributed by atoms with E-state index in [0.29, 0.717) is 0 Å². The third-order valence-corrected chi connectivity index (χ3v) is 2.15. The van der Waals surface area contributed by atoms with Crippen molar-refractivity contribution in [3.8, 4) is 0 Å². The van der Waals surface area contributed by atoms with Gasteiger partial charge in [0.2, 0.25) is 0 Å². The van der Waals surface area contributed by atoms with Gasteiger partial charge in [-0.15, -0.1) is 0 Å². The minimum absolute atomic E-state index is 0. The SMILES string of the molecule is O=C([O-])CN(CCN(CC(=O)[O-])CC(=O)O)CC(=O)[O-].[Cr+3]. The van der Waals surface area contributed by atoms with Crippen molar-refractivity contribution in [3.05, 3.63) is 0 Å². The summed E-state index contributed by atoms with van der Waals surface area (Å²) in [6, 6.07) is 0. The molecule has 0 atom stereocenters. The molecule has 0 saturated heterocycles. The molecule has 1 N–H and O–H groups in total. The molecule has 21 heavy (non-hydrogen) atoms. The van der Waals surface area contributed by atoms with E-state index in [1.807, 2.05) is 0 Å². The number of nitrogens with zero attached hydrogens (tertiary/aromatic N) is 2. The standard InChI is InChI=1S/C10H16N2O8.Cr/c13-7(14)3-11(4-8(15)16)1-2-12(5-9(17)18)6-10(19)20;/h1-6H2,(H,13,14)(H,15,16)(H,17,18)(H,19,20);/q;+3/p-3. The largest absolute Gasteiger partial charge is 3.00 e. The molecule has 1 radical (unpaired) electrons. The average molecular weight is 341 g/mol. The molecule has 0 aromatic heterocycles. The van der Waals surface area contributed by atoms with Crippen molar-refractivity contribution >= 4 is 23.9 Å². The van der Waals surface area contributed by atoms with Crippen LogP contribution >= 0.6 is 0 Å². The monoisotopic (exact) mass is 341 g/mol. The Bertz CT molecular complexity index is 321. The molecule has 0 unspecified atom stereocenters. The maximum atomic E-state index is 10.5. The minimum atomic E-state index is -1.52. The van der Waals surface area contributed by atoms with Crippen molar-refractivity contribution in [3.63, 3.8) is 0 Å². The summed E-state index contributed by atoms with van der Waals surface area (Å²) in [6.07, 6.45) is 0. The molecule has 0 aromatic rings. The molecule has 0 rings (SSSR count). The van der Waals surface area contributed by atoms with E-state index in [-0.39, 0.29) is 30.5 Å². The van der Waals surface area contributed by atoms with E-state index in [1.165, 1.54) is 0 Å². The number of carbonyl (C=O) groups is 4. The van der Waals surface area contributed by atoms with E-state index in [9.17, 15) is 34.5 Å². The number of rotatable bonds is 11. The molecule has 0 spiro atoms. The van der Waals surface area contributed by atoms with Crippen molar-refractivity contribution in [2.45, 2.75) is 0 Å². The maximum absolute atomic E-state index is 10.5. The molecule has 10 nitrogen and oxygen atoms in total. The van der Waals surface area contributed by atoms with Crippen molar-refractivity contribution in [2.24, 2.45) is 0 Å². The Kier molecular flexibility index (Phi) is 11.4. The van der Waals surface area contributed by atoms with Gasteiger partial charge in [-0.2, -0.15) is 0 Å². The van der Waals surface area contributed by atoms with Crippen LogP contribution < -0.4 is 15.3 Å². The Morgan fingerprint density at radius 2 is 1.00 bits per heavy atom. The second kappa shape index (κ2) is 11.0. The number of hydrogen-bond acceptors (Lipinski definition) is 9. The number of carboxylic acids is 4. The van der Waals surface area contributed by atoms with Crippen LogP contribution in [0.3, 0.4) is 0 Å². The Balaban J connectivity index is 0. The number of carboxylic acid groups (broad SMARTS) is 4. The van der Waals surface area contributed by atoms with Gasteiger partial charge in [0.1, 0.15) is 0 Å². The van der Waals surface area contributed by atoms with E-state index in [4.69, 9.17) is 5.11 Å². The van der Waals surface area contributed by atoms with Gasteiger partial charge >= 0.3 is 23.3 Å². The minimum Gasteiger partial charge on any atom is -0.549 e. The molecule has 0 aliphatic rings. The normalized spacial score (nSPS) is 10.2. The summed E-state index contributed by atoms with van der Waals surface area (Å²) in [5.74, 6) is -5.82. The first-order valence-electron chi connectivity index (χ1n) is 5.46. The Morgan fingerprint density at radius 1 is 0.714 bits per heavy atom. The summed E-state index contributed by atoms with van der Waals surface area (Å²) in [5.41, 5.74) is 0. The van der Waals surface area contributed by atoms with Gasteiger partial charge in [0.15, 0.2) is 0 Å². The smallest absolute Gasteiger partial charge is 0.549 e. The van der Waals surface area contributed by atoms with Gasteiger partial charge in [-0.05, 0) is 0 Å². The second-order valence-corrected chi connectivity index (χ2v) is 3.93. The van der Waals surface area contributed by atoms with Gasteiger partial charge in [0.25, 0.3) is 0 Å². The van der Waals surface area contributed by atoms with Crippen LogP contribution in [0.1, 0.15) is 0 Å². The van der Waals surface area contributed by atoms with Gasteiger partial charge in [0, 0.05) is 32.7 Å². The van der Waals surface area contributed by atoms with Crippen LogP contribution in [0.2, 0.25) is 0 Å². The van der Waals surface area contributed by atoms with Crippen molar-refractivity contribution in [1.82, 2.24) is 9.80 Å². The predicted molar refractivity (Wildman–Crippen MR) is 55.5 cm³/mol. The Morgan fingerprint density at radius 3 is 1.24 bits per heavy atom. The van der Waals surface area contributed by atoms with Gasteiger partial charge in [-0.3, -0.25) is 14.6 Å². The third kappa shape index (κ3) is 13.1. The fourth-order valence-electron chi connectivity index (χ4n) is 1.45. The van der Waals surface area contributed by atoms with E-state index in [0.717, 1.165) is 9.80 Å². The predicted octanol–water partition coefficient (Wildman–Crippen LogP) is -6.08. The van der Waals surface area contributed by atoms with E-state index < -0.39 is 50.1 Å². The van der Waals surface area contributed by atoms with Crippen LogP contribution in [0.25, 0.3) is 0 Å². The Hall–Kier alpha value is -1.67. The summed E-state index contributed by atoms with van der Waals surface area (Å²) in [5, 5.41) is 39.8. The number of aliphatic carboxylic acids is 4. The van der Waals surface area contributed by atoms with E-state index in [1.54, 1.807) is 0 Å². The molecule has 0 fully saturated rings. The molecule has 0 bridgehead atoms. The fraction of sp³-hybridized carbons (Fsp3) is 0.600. The number of carbonyl (C=O) groups excluding carboxylic acids is 3. The van der Waals surface area contributed by atoms with Gasteiger partial charge < -0.3 is 34.8 Å². The van der Waals surface area contributed by atoms with Crippen LogP contribution in [0, 0.1) is 0 Å². The van der Waals surface area contributed by atoms with E-state index in [2.05, 4.69) is 0 Å². The average Bonchev–Trinajstić information content (AvgIpc) is 2.22. The first-order chi connectivity index (χ1) is 9.20. The zero-order chi connectivity index (χ0) is 15.7. The molecule has 0 aliphatic heterocycles. The van der Waals surface area contributed by atoms with Crippen molar-refractivity contribution in [2.75, 3.05) is 39.3 Å². The zero-order valence-electron chi connectivity index (χ0n) is 10.9. The molecule has 0 heterocycles. The summed E-state index contributed by atoms with van der Waals surface area (Å²) in [7, 11) is 0. The van der Waals surface area contributed by atoms with E-state index >= 15 is 0 Å². The van der Waals surface area contributed by atoms with Gasteiger partial charge in [0.05, 0.1) is 24.5 Å². The molecule has 0 aromatic carbocycles. The second-order valence-electron chi connectivity index (χ2n) is 3.93. The quantitative estimate of drug-likeness (QED) is 0.382. The van der Waals surface area contributed by atoms with Crippen LogP contribution in [0.4, 0.5) is 0 Å². The molecular weight excluding hydrogens is 328 g/mol. The van der Waals surface area contributed by atoms with Crippen molar-refractivity contribution < 1.29 is 57.0 Å². The van der Waals surface area contributed by atoms with Crippen LogP contribution in [0.15, 0.2) is 0 Å². The summed E-state index contributed by atoms with van der Waals surface area (Å²) in [6.45, 7) is -3.00. The maximum Gasteiger partial charge on any atom is 3.00 e. The molecular formula is C10H13CrN2O8.